The van der Waals surface area contributed by atoms with E-state index in [4.69, 9.17) is 9.47 Å². The molecule has 1 rings (SSSR count). The van der Waals surface area contributed by atoms with Gasteiger partial charge in [-0.05, 0) is 6.07 Å². The second-order valence-corrected chi connectivity index (χ2v) is 4.20. The molecule has 16 heavy (non-hydrogen) atoms. The summed E-state index contributed by atoms with van der Waals surface area (Å²) in [6.45, 7) is 3.54. The number of hydrogen-bond acceptors (Lipinski definition) is 3. The molecule has 90 valence electrons. The van der Waals surface area contributed by atoms with Gasteiger partial charge in [-0.3, -0.25) is 0 Å². The summed E-state index contributed by atoms with van der Waals surface area (Å²) in [6, 6.07) is 3.24. The minimum absolute atomic E-state index is 0.0882. The number of aliphatic hydroxyl groups excluding tert-OH is 1. The summed E-state index contributed by atoms with van der Waals surface area (Å²) in [4.78, 5) is 0. The van der Waals surface area contributed by atoms with Crippen LogP contribution in [0.1, 0.15) is 19.4 Å². The van der Waals surface area contributed by atoms with E-state index in [1.807, 2.05) is 13.8 Å². The molecule has 1 aromatic carbocycles. The molecule has 4 heteroatoms. The Bertz CT molecular complexity index is 375. The molecular weight excluding hydrogens is 211 g/mol. The Balaban J connectivity index is 3.37. The van der Waals surface area contributed by atoms with E-state index < -0.39 is 11.2 Å². The molecule has 0 aliphatic rings. The minimum atomic E-state index is -0.557. The lowest BCUT2D eigenvalue weighted by Crippen LogP contribution is -2.23. The lowest BCUT2D eigenvalue weighted by Gasteiger charge is -2.25. The Labute approximate surface area is 94.8 Å². The highest BCUT2D eigenvalue weighted by atomic mass is 19.1. The van der Waals surface area contributed by atoms with Gasteiger partial charge >= 0.3 is 0 Å². The van der Waals surface area contributed by atoms with Crippen LogP contribution < -0.4 is 9.47 Å². The molecule has 0 aliphatic heterocycles. The summed E-state index contributed by atoms with van der Waals surface area (Å²) < 4.78 is 23.8. The Morgan fingerprint density at radius 1 is 1.25 bits per heavy atom. The summed E-state index contributed by atoms with van der Waals surface area (Å²) in [5.41, 5.74) is 0.0640. The average Bonchev–Trinajstić information content (AvgIpc) is 2.28. The van der Waals surface area contributed by atoms with Crippen LogP contribution in [-0.2, 0) is 5.41 Å². The molecule has 0 heterocycles. The number of aliphatic hydroxyl groups is 1. The predicted molar refractivity (Wildman–Crippen MR) is 59.6 cm³/mol. The fourth-order valence-corrected chi connectivity index (χ4v) is 1.51. The highest BCUT2D eigenvalue weighted by Gasteiger charge is 2.27. The maximum atomic E-state index is 13.9. The Morgan fingerprint density at radius 2 is 1.88 bits per heavy atom. The van der Waals surface area contributed by atoms with Crippen molar-refractivity contribution in [2.24, 2.45) is 0 Å². The fraction of sp³-hybridized carbons (Fsp3) is 0.500. The van der Waals surface area contributed by atoms with Gasteiger partial charge in [0.25, 0.3) is 0 Å². The molecule has 0 atom stereocenters. The first kappa shape index (κ1) is 12.8. The van der Waals surface area contributed by atoms with E-state index in [-0.39, 0.29) is 18.1 Å². The van der Waals surface area contributed by atoms with E-state index in [9.17, 15) is 9.50 Å². The molecule has 0 aromatic heterocycles. The van der Waals surface area contributed by atoms with E-state index in [0.29, 0.717) is 5.56 Å². The molecule has 3 nitrogen and oxygen atoms in total. The monoisotopic (exact) mass is 228 g/mol. The molecule has 0 aliphatic carbocycles. The van der Waals surface area contributed by atoms with Gasteiger partial charge in [0.2, 0.25) is 5.82 Å². The summed E-state index contributed by atoms with van der Waals surface area (Å²) >= 11 is 0. The second kappa shape index (κ2) is 4.70. The molecule has 0 bridgehead atoms. The highest BCUT2D eigenvalue weighted by molar-refractivity contribution is 5.46. The van der Waals surface area contributed by atoms with Crippen LogP contribution in [-0.4, -0.2) is 25.9 Å². The molecule has 0 radical (unpaired) electrons. The van der Waals surface area contributed by atoms with Crippen molar-refractivity contribution in [3.63, 3.8) is 0 Å². The van der Waals surface area contributed by atoms with E-state index in [2.05, 4.69) is 0 Å². The van der Waals surface area contributed by atoms with Gasteiger partial charge in [-0.15, -0.1) is 0 Å². The second-order valence-electron chi connectivity index (χ2n) is 4.20. The molecule has 0 unspecified atom stereocenters. The predicted octanol–water partition coefficient (Wildman–Crippen LogP) is 2.11. The summed E-state index contributed by atoms with van der Waals surface area (Å²) in [5, 5.41) is 9.28. The van der Waals surface area contributed by atoms with E-state index in [1.165, 1.54) is 20.3 Å². The smallest absolute Gasteiger partial charge is 0.207 e. The van der Waals surface area contributed by atoms with Crippen LogP contribution in [0.2, 0.25) is 0 Å². The Hall–Kier alpha value is -1.29. The van der Waals surface area contributed by atoms with Gasteiger partial charge in [0.15, 0.2) is 11.5 Å². The molecule has 0 spiro atoms. The van der Waals surface area contributed by atoms with Crippen LogP contribution in [0.15, 0.2) is 12.1 Å². The number of hydrogen-bond donors (Lipinski definition) is 1. The average molecular weight is 228 g/mol. The van der Waals surface area contributed by atoms with Crippen LogP contribution in [0.5, 0.6) is 11.5 Å². The minimum Gasteiger partial charge on any atom is -0.494 e. The summed E-state index contributed by atoms with van der Waals surface area (Å²) in [6.07, 6.45) is 0. The van der Waals surface area contributed by atoms with Crippen molar-refractivity contribution >= 4 is 0 Å². The van der Waals surface area contributed by atoms with Crippen molar-refractivity contribution in [1.29, 1.82) is 0 Å². The number of ether oxygens (including phenoxy) is 2. The maximum Gasteiger partial charge on any atom is 0.207 e. The zero-order valence-electron chi connectivity index (χ0n) is 10.0. The SMILES string of the molecule is COc1ccc(C(C)(C)CO)c(OC)c1F. The van der Waals surface area contributed by atoms with Crippen molar-refractivity contribution in [2.45, 2.75) is 19.3 Å². The van der Waals surface area contributed by atoms with Gasteiger partial charge in [-0.25, -0.2) is 0 Å². The lowest BCUT2D eigenvalue weighted by molar-refractivity contribution is 0.213. The van der Waals surface area contributed by atoms with Gasteiger partial charge in [-0.2, -0.15) is 4.39 Å². The third-order valence-electron chi connectivity index (χ3n) is 2.61. The maximum absolute atomic E-state index is 13.9. The van der Waals surface area contributed by atoms with E-state index >= 15 is 0 Å². The molecule has 0 amide bonds. The molecule has 1 N–H and O–H groups in total. The zero-order valence-corrected chi connectivity index (χ0v) is 10.0. The van der Waals surface area contributed by atoms with Crippen LogP contribution in [0.4, 0.5) is 4.39 Å². The zero-order chi connectivity index (χ0) is 12.3. The first-order chi connectivity index (χ1) is 7.47. The van der Waals surface area contributed by atoms with Crippen molar-refractivity contribution in [3.8, 4) is 11.5 Å². The van der Waals surface area contributed by atoms with Gasteiger partial charge < -0.3 is 14.6 Å². The van der Waals surface area contributed by atoms with Crippen molar-refractivity contribution in [3.05, 3.63) is 23.5 Å². The molecule has 1 aromatic rings. The third kappa shape index (κ3) is 2.11. The van der Waals surface area contributed by atoms with Gasteiger partial charge in [0.1, 0.15) is 0 Å². The molecule has 0 saturated heterocycles. The fourth-order valence-electron chi connectivity index (χ4n) is 1.51. The van der Waals surface area contributed by atoms with Crippen molar-refractivity contribution in [2.75, 3.05) is 20.8 Å². The van der Waals surface area contributed by atoms with Crippen molar-refractivity contribution in [1.82, 2.24) is 0 Å². The topological polar surface area (TPSA) is 38.7 Å². The first-order valence-electron chi connectivity index (χ1n) is 4.99. The highest BCUT2D eigenvalue weighted by Crippen LogP contribution is 2.37. The number of benzene rings is 1. The normalized spacial score (nSPS) is 11.4. The lowest BCUT2D eigenvalue weighted by atomic mass is 9.84. The van der Waals surface area contributed by atoms with Crippen molar-refractivity contribution < 1.29 is 19.0 Å². The van der Waals surface area contributed by atoms with Gasteiger partial charge in [0, 0.05) is 11.0 Å². The Kier molecular flexibility index (Phi) is 3.75. The third-order valence-corrected chi connectivity index (χ3v) is 2.61. The van der Waals surface area contributed by atoms with Gasteiger partial charge in [0.05, 0.1) is 20.8 Å². The van der Waals surface area contributed by atoms with Crippen LogP contribution in [0.25, 0.3) is 0 Å². The Morgan fingerprint density at radius 3 is 2.31 bits per heavy atom. The molecule has 0 fully saturated rings. The van der Waals surface area contributed by atoms with E-state index in [1.54, 1.807) is 6.07 Å². The molecular formula is C12H17FO3. The number of rotatable bonds is 4. The largest absolute Gasteiger partial charge is 0.494 e. The molecule has 0 saturated carbocycles. The summed E-state index contributed by atoms with van der Waals surface area (Å²) in [5.74, 6) is -0.281. The van der Waals surface area contributed by atoms with Crippen LogP contribution in [0, 0.1) is 5.82 Å². The standard InChI is InChI=1S/C12H17FO3/c1-12(2,7-14)8-5-6-9(15-3)10(13)11(8)16-4/h5-6,14H,7H2,1-4H3. The van der Waals surface area contributed by atoms with Crippen LogP contribution >= 0.6 is 0 Å². The first-order valence-corrected chi connectivity index (χ1v) is 4.99. The quantitative estimate of drug-likeness (QED) is 0.857. The van der Waals surface area contributed by atoms with Crippen LogP contribution in [0.3, 0.4) is 0 Å². The van der Waals surface area contributed by atoms with Gasteiger partial charge in [-0.1, -0.05) is 19.9 Å². The number of methoxy groups -OCH3 is 2. The van der Waals surface area contributed by atoms with E-state index in [0.717, 1.165) is 0 Å². The summed E-state index contributed by atoms with van der Waals surface area (Å²) in [7, 11) is 2.80. The number of halogens is 1.